The van der Waals surface area contributed by atoms with E-state index in [-0.39, 0.29) is 34.6 Å². The summed E-state index contributed by atoms with van der Waals surface area (Å²) in [5.74, 6) is 2.95. The van der Waals surface area contributed by atoms with Crippen LogP contribution in [-0.2, 0) is 5.41 Å². The highest BCUT2D eigenvalue weighted by Crippen LogP contribution is 2.51. The lowest BCUT2D eigenvalue weighted by Crippen LogP contribution is -2.25. The Morgan fingerprint density at radius 3 is 1.69 bits per heavy atom. The van der Waals surface area contributed by atoms with E-state index in [1.807, 2.05) is 138 Å². The third kappa shape index (κ3) is 8.42. The van der Waals surface area contributed by atoms with E-state index in [4.69, 9.17) is 32.9 Å². The van der Waals surface area contributed by atoms with Crippen molar-refractivity contribution < 1.29 is 18.4 Å². The second-order valence-corrected chi connectivity index (χ2v) is 19.2. The Morgan fingerprint density at radius 2 is 1.07 bits per heavy atom. The number of pyridine rings is 1. The van der Waals surface area contributed by atoms with Crippen molar-refractivity contribution in [1.29, 1.82) is 0 Å². The molecule has 0 atom stereocenters. The molecule has 0 aliphatic carbocycles. The fraction of sp³-hybridized carbons (Fsp3) is 0.0746. The van der Waals surface area contributed by atoms with Crippen molar-refractivity contribution in [2.24, 2.45) is 0 Å². The first-order valence-corrected chi connectivity index (χ1v) is 24.6. The molecule has 0 N–H and O–H groups in total. The van der Waals surface area contributed by atoms with Crippen LogP contribution in [-0.4, -0.2) is 31.2 Å². The van der Waals surface area contributed by atoms with Gasteiger partial charge in [0.15, 0.2) is 17.5 Å². The zero-order chi connectivity index (χ0) is 59.2. The second-order valence-electron chi connectivity index (χ2n) is 19.2. The van der Waals surface area contributed by atoms with Gasteiger partial charge in [0.1, 0.15) is 24.0 Å². The van der Waals surface area contributed by atoms with Gasteiger partial charge in [-0.3, -0.25) is 4.57 Å². The van der Waals surface area contributed by atoms with Gasteiger partial charge < -0.3 is 14.5 Å². The molecule has 3 aromatic heterocycles. The van der Waals surface area contributed by atoms with Gasteiger partial charge in [-0.2, -0.15) is 0 Å². The third-order valence-electron chi connectivity index (χ3n) is 13.5. The van der Waals surface area contributed by atoms with Crippen LogP contribution in [0.3, 0.4) is 0 Å². The number of para-hydroxylation sites is 4. The molecule has 8 heteroatoms. The lowest BCUT2D eigenvalue weighted by molar-refractivity contribution is 0.480. The van der Waals surface area contributed by atoms with E-state index in [9.17, 15) is 5.48 Å². The highest BCUT2D eigenvalue weighted by molar-refractivity contribution is 6.11. The Balaban J connectivity index is 1.03. The van der Waals surface area contributed by atoms with Gasteiger partial charge in [0.05, 0.1) is 47.4 Å². The molecule has 0 fully saturated rings. The van der Waals surface area contributed by atoms with Crippen molar-refractivity contribution in [3.63, 3.8) is 0 Å². The number of hydrogen-bond acceptors (Lipinski definition) is 7. The van der Waals surface area contributed by atoms with Crippen LogP contribution in [0, 0.1) is 0 Å². The molecule has 75 heavy (non-hydrogen) atoms. The maximum absolute atomic E-state index is 9.22. The molecule has 0 amide bonds. The molecular formula is C67H51N7O. The number of hydrogen-bond donors (Lipinski definition) is 0. The predicted molar refractivity (Wildman–Crippen MR) is 306 cm³/mol. The van der Waals surface area contributed by atoms with Crippen LogP contribution in [0.1, 0.15) is 40.0 Å². The van der Waals surface area contributed by atoms with Gasteiger partial charge in [-0.05, 0) is 70.6 Å². The topological polar surface area (TPSA) is 72.2 Å². The van der Waals surface area contributed by atoms with Gasteiger partial charge in [-0.1, -0.05) is 196 Å². The summed E-state index contributed by atoms with van der Waals surface area (Å²) in [5.41, 5.74) is 6.90. The lowest BCUT2D eigenvalue weighted by atomic mass is 9.86. The average Bonchev–Trinajstić information content (AvgIpc) is 2.62. The molecule has 0 bridgehead atoms. The summed E-state index contributed by atoms with van der Waals surface area (Å²) in [5, 5.41) is 1.89. The molecule has 1 aliphatic rings. The number of rotatable bonds is 10. The van der Waals surface area contributed by atoms with E-state index >= 15 is 0 Å². The van der Waals surface area contributed by atoms with Crippen LogP contribution in [0.4, 0.5) is 22.7 Å². The number of fused-ring (bicyclic) bond motifs is 4. The lowest BCUT2D eigenvalue weighted by Gasteiger charge is -2.28. The number of anilines is 4. The smallest absolute Gasteiger partial charge is 0.167 e. The fourth-order valence-corrected chi connectivity index (χ4v) is 9.91. The predicted octanol–water partition coefficient (Wildman–Crippen LogP) is 17.0. The molecule has 0 saturated heterocycles. The van der Waals surface area contributed by atoms with E-state index in [1.54, 1.807) is 24.4 Å². The van der Waals surface area contributed by atoms with E-state index in [0.717, 1.165) is 44.2 Å². The molecule has 0 saturated carbocycles. The summed E-state index contributed by atoms with van der Waals surface area (Å²) in [6.45, 7) is 6.40. The van der Waals surface area contributed by atoms with Crippen molar-refractivity contribution in [3.05, 3.63) is 248 Å². The first-order valence-electron chi connectivity index (χ1n) is 29.6. The zero-order valence-electron chi connectivity index (χ0n) is 51.1. The van der Waals surface area contributed by atoms with E-state index in [2.05, 4.69) is 54.5 Å². The Morgan fingerprint density at radius 1 is 0.480 bits per heavy atom. The third-order valence-corrected chi connectivity index (χ3v) is 13.5. The minimum absolute atomic E-state index is 0.0461. The Kier molecular flexibility index (Phi) is 8.86. The van der Waals surface area contributed by atoms with Crippen LogP contribution < -0.4 is 14.5 Å². The number of aromatic nitrogens is 5. The van der Waals surface area contributed by atoms with E-state index in [1.165, 1.54) is 0 Å². The zero-order valence-corrected chi connectivity index (χ0v) is 41.1. The van der Waals surface area contributed by atoms with Crippen LogP contribution in [0.5, 0.6) is 11.5 Å². The van der Waals surface area contributed by atoms with Crippen LogP contribution >= 0.6 is 0 Å². The summed E-state index contributed by atoms with van der Waals surface area (Å²) in [4.78, 5) is 24.3. The van der Waals surface area contributed by atoms with Gasteiger partial charge >= 0.3 is 0 Å². The molecular weight excluding hydrogens is 919 g/mol. The summed E-state index contributed by atoms with van der Waals surface area (Å²) >= 11 is 0. The highest BCUT2D eigenvalue weighted by Gasteiger charge is 2.33. The minimum Gasteiger partial charge on any atom is -0.456 e. The number of ether oxygens (including phenoxy) is 1. The number of nitrogens with zero attached hydrogens (tertiary/aromatic N) is 7. The van der Waals surface area contributed by atoms with Crippen LogP contribution in [0.25, 0.3) is 84.0 Å². The fourth-order valence-electron chi connectivity index (χ4n) is 9.91. The minimum atomic E-state index is -0.568. The van der Waals surface area contributed by atoms with Crippen molar-refractivity contribution in [1.82, 2.24) is 24.5 Å². The van der Waals surface area contributed by atoms with Crippen LogP contribution in [0.2, 0.25) is 0 Å². The molecule has 1 aliphatic heterocycles. The molecule has 12 aromatic rings. The maximum Gasteiger partial charge on any atom is 0.167 e. The summed E-state index contributed by atoms with van der Waals surface area (Å²) < 4.78 is 98.3. The van der Waals surface area contributed by atoms with Crippen molar-refractivity contribution in [2.75, 3.05) is 16.5 Å². The second kappa shape index (κ2) is 18.7. The standard InChI is InChI=1S/C67H51N7O/c1-67(2,3)49-39-50(72-44-73(59-36-19-18-35-58(59)72)63-52(45-23-8-4-9-24-45)32-22-33-53(63)46-25-10-5-11-26-46)41-51(40-49)75-61-43-60-55(54-31-16-17-34-57(54)74(60)62-37-20-21-38-68-62)42-56(61)66-70-64(47-27-12-6-13-28-47)69-65(71-66)48-29-14-7-15-30-48/h4-43H,44H2,1-3H3/i4D,5D,8D,9D,10D,11D,23D,24D,25D,26D. The quantitative estimate of drug-likeness (QED) is 0.135. The van der Waals surface area contributed by atoms with Gasteiger partial charge in [0, 0.05) is 57.0 Å². The molecule has 0 radical (unpaired) electrons. The molecule has 8 nitrogen and oxygen atoms in total. The normalized spacial score (nSPS) is 14.2. The summed E-state index contributed by atoms with van der Waals surface area (Å²) in [6, 6.07) is 51.1. The Hall–Kier alpha value is -9.66. The van der Waals surface area contributed by atoms with Gasteiger partial charge in [0.2, 0.25) is 0 Å². The maximum atomic E-state index is 9.22. The van der Waals surface area contributed by atoms with Crippen molar-refractivity contribution in [3.8, 4) is 73.7 Å². The average molecular weight is 980 g/mol. The Bertz CT molecular complexity index is 4470. The number of benzene rings is 9. The summed E-state index contributed by atoms with van der Waals surface area (Å²) in [7, 11) is 0. The van der Waals surface area contributed by atoms with Crippen molar-refractivity contribution >= 4 is 44.6 Å². The van der Waals surface area contributed by atoms with Gasteiger partial charge in [-0.15, -0.1) is 0 Å². The molecule has 0 unspecified atom stereocenters. The first-order chi connectivity index (χ1) is 41.0. The largest absolute Gasteiger partial charge is 0.456 e. The van der Waals surface area contributed by atoms with Gasteiger partial charge in [0.25, 0.3) is 0 Å². The van der Waals surface area contributed by atoms with Crippen molar-refractivity contribution in [2.45, 2.75) is 26.2 Å². The monoisotopic (exact) mass is 979 g/mol. The van der Waals surface area contributed by atoms with Crippen LogP contribution in [0.15, 0.2) is 243 Å². The molecule has 0 spiro atoms. The Labute approximate surface area is 450 Å². The SMILES string of the molecule is [2H]c1c([2H])c([2H])c(-c2cccc(-c3c([2H])c([2H])c([2H])c([2H])c3[2H])c2N2CN(c3cc(Oc4cc5c(cc4-c4nc(-c6ccccc6)nc(-c6ccccc6)n4)c4ccccc4n5-c4ccccn4)cc(C(C)(C)C)c3)c3ccccc32)c([2H])c1[2H]. The summed E-state index contributed by atoms with van der Waals surface area (Å²) in [6.07, 6.45) is 1.77. The molecule has 9 aromatic carbocycles. The van der Waals surface area contributed by atoms with Gasteiger partial charge in [-0.25, -0.2) is 19.9 Å². The highest BCUT2D eigenvalue weighted by atomic mass is 16.5. The first kappa shape index (κ1) is 35.5. The molecule has 4 heterocycles. The molecule has 360 valence electrons. The van der Waals surface area contributed by atoms with E-state index in [0.29, 0.717) is 51.7 Å². The molecule has 13 rings (SSSR count). The van der Waals surface area contributed by atoms with E-state index < -0.39 is 65.8 Å².